The Balaban J connectivity index is 1.66. The number of nitriles is 1. The van der Waals surface area contributed by atoms with E-state index in [1.165, 1.54) is 0 Å². The van der Waals surface area contributed by atoms with Crippen molar-refractivity contribution in [3.63, 3.8) is 0 Å². The number of benzene rings is 2. The Morgan fingerprint density at radius 3 is 2.00 bits per heavy atom. The normalized spacial score (nSPS) is 19.2. The van der Waals surface area contributed by atoms with E-state index >= 15 is 0 Å². The summed E-state index contributed by atoms with van der Waals surface area (Å²) in [6.07, 6.45) is 4.72. The molecule has 1 saturated heterocycles. The van der Waals surface area contributed by atoms with E-state index in [2.05, 4.69) is 10.9 Å². The minimum absolute atomic E-state index is 0.00525. The van der Waals surface area contributed by atoms with Gasteiger partial charge >= 0.3 is 6.09 Å². The van der Waals surface area contributed by atoms with Crippen molar-refractivity contribution in [3.05, 3.63) is 87.8 Å². The standard InChI is InChI=1S/C29H27N3O3/c1-28(2,3)35-27(34)32-15-13-29(14-16-32)24(17-20-5-7-22(19-30)8-6-20)26(33)25(29)18-21-9-11-23(31-4)12-10-21/h5-12,17-18H,13-16H2,1-3H3/b24-17-,25-18-. The van der Waals surface area contributed by atoms with Crippen LogP contribution in [0.4, 0.5) is 10.5 Å². The first-order valence-electron chi connectivity index (χ1n) is 11.6. The van der Waals surface area contributed by atoms with Crippen LogP contribution in [-0.2, 0) is 9.53 Å². The highest BCUT2D eigenvalue weighted by atomic mass is 16.6. The molecule has 1 aliphatic carbocycles. The zero-order valence-corrected chi connectivity index (χ0v) is 20.2. The molecule has 35 heavy (non-hydrogen) atoms. The highest BCUT2D eigenvalue weighted by Gasteiger charge is 2.55. The molecule has 1 heterocycles. The van der Waals surface area contributed by atoms with E-state index in [-0.39, 0.29) is 11.9 Å². The minimum atomic E-state index is -0.568. The molecule has 1 saturated carbocycles. The third kappa shape index (κ3) is 4.88. The van der Waals surface area contributed by atoms with Crippen molar-refractivity contribution in [3.8, 4) is 6.07 Å². The maximum atomic E-state index is 13.4. The predicted octanol–water partition coefficient (Wildman–Crippen LogP) is 6.18. The van der Waals surface area contributed by atoms with E-state index in [9.17, 15) is 9.59 Å². The number of carbonyl (C=O) groups excluding carboxylic acids is 2. The molecule has 2 aromatic carbocycles. The van der Waals surface area contributed by atoms with E-state index in [4.69, 9.17) is 16.6 Å². The van der Waals surface area contributed by atoms with Gasteiger partial charge in [0.2, 0.25) is 0 Å². The van der Waals surface area contributed by atoms with Crippen molar-refractivity contribution in [2.75, 3.05) is 13.1 Å². The molecule has 0 aromatic heterocycles. The number of ketones is 1. The fourth-order valence-corrected chi connectivity index (χ4v) is 4.64. The van der Waals surface area contributed by atoms with E-state index in [0.29, 0.717) is 37.2 Å². The molecular weight excluding hydrogens is 438 g/mol. The number of hydrogen-bond acceptors (Lipinski definition) is 4. The molecule has 0 atom stereocenters. The Morgan fingerprint density at radius 2 is 1.54 bits per heavy atom. The molecule has 6 nitrogen and oxygen atoms in total. The summed E-state index contributed by atoms with van der Waals surface area (Å²) in [5.41, 5.74) is 3.29. The number of rotatable bonds is 2. The lowest BCUT2D eigenvalue weighted by Gasteiger charge is -2.50. The summed E-state index contributed by atoms with van der Waals surface area (Å²) in [6, 6.07) is 16.5. The third-order valence-corrected chi connectivity index (χ3v) is 6.47. The number of ether oxygens (including phenoxy) is 1. The monoisotopic (exact) mass is 465 g/mol. The molecule has 2 aliphatic rings. The Labute approximate surface area is 205 Å². The van der Waals surface area contributed by atoms with Crippen LogP contribution < -0.4 is 0 Å². The molecule has 1 spiro atoms. The highest BCUT2D eigenvalue weighted by Crippen LogP contribution is 2.56. The fraction of sp³-hybridized carbons (Fsp3) is 0.310. The first-order chi connectivity index (χ1) is 16.6. The van der Waals surface area contributed by atoms with Crippen molar-refractivity contribution >= 4 is 29.7 Å². The summed E-state index contributed by atoms with van der Waals surface area (Å²) in [5.74, 6) is -0.00525. The van der Waals surface area contributed by atoms with Gasteiger partial charge in [-0.1, -0.05) is 36.4 Å². The van der Waals surface area contributed by atoms with Gasteiger partial charge in [0.15, 0.2) is 11.5 Å². The number of allylic oxidation sites excluding steroid dienone is 2. The average Bonchev–Trinajstić information content (AvgIpc) is 2.85. The van der Waals surface area contributed by atoms with E-state index in [1.54, 1.807) is 29.2 Å². The second kappa shape index (κ2) is 9.24. The SMILES string of the molecule is [C-]#[N+]c1ccc(/C=C2/C(=O)/C(=C/c3ccc(C#N)cc3)C23CCN(C(=O)OC(C)(C)C)CC3)cc1. The van der Waals surface area contributed by atoms with Crippen LogP contribution in [0.3, 0.4) is 0 Å². The maximum Gasteiger partial charge on any atom is 0.410 e. The number of hydrogen-bond donors (Lipinski definition) is 0. The van der Waals surface area contributed by atoms with Crippen LogP contribution in [0.5, 0.6) is 0 Å². The lowest BCUT2D eigenvalue weighted by molar-refractivity contribution is -0.118. The lowest BCUT2D eigenvalue weighted by Crippen LogP contribution is -2.53. The van der Waals surface area contributed by atoms with Crippen LogP contribution >= 0.6 is 0 Å². The molecule has 176 valence electrons. The summed E-state index contributed by atoms with van der Waals surface area (Å²) in [4.78, 5) is 31.1. The third-order valence-electron chi connectivity index (χ3n) is 6.47. The molecule has 0 radical (unpaired) electrons. The second-order valence-electron chi connectivity index (χ2n) is 9.93. The summed E-state index contributed by atoms with van der Waals surface area (Å²) in [6.45, 7) is 13.7. The lowest BCUT2D eigenvalue weighted by atomic mass is 9.54. The van der Waals surface area contributed by atoms with Gasteiger partial charge in [0.05, 0.1) is 18.2 Å². The second-order valence-corrected chi connectivity index (χ2v) is 9.93. The first-order valence-corrected chi connectivity index (χ1v) is 11.6. The molecule has 0 unspecified atom stereocenters. The van der Waals surface area contributed by atoms with Gasteiger partial charge in [-0.2, -0.15) is 5.26 Å². The zero-order chi connectivity index (χ0) is 25.2. The summed E-state index contributed by atoms with van der Waals surface area (Å²) < 4.78 is 5.55. The quantitative estimate of drug-likeness (QED) is 0.392. The fourth-order valence-electron chi connectivity index (χ4n) is 4.64. The smallest absolute Gasteiger partial charge is 0.410 e. The Kier molecular flexibility index (Phi) is 6.33. The Hall–Kier alpha value is -4.16. The zero-order valence-electron chi connectivity index (χ0n) is 20.2. The molecule has 0 N–H and O–H groups in total. The van der Waals surface area contributed by atoms with Crippen LogP contribution in [0.2, 0.25) is 0 Å². The molecule has 1 amide bonds. The van der Waals surface area contributed by atoms with E-state index in [0.717, 1.165) is 22.3 Å². The number of amides is 1. The van der Waals surface area contributed by atoms with Crippen molar-refractivity contribution in [2.24, 2.45) is 5.41 Å². The maximum absolute atomic E-state index is 13.4. The van der Waals surface area contributed by atoms with Crippen LogP contribution in [0.25, 0.3) is 17.0 Å². The molecule has 2 aromatic rings. The molecule has 6 heteroatoms. The number of piperidine rings is 1. The van der Waals surface area contributed by atoms with E-state index in [1.807, 2.05) is 57.2 Å². The largest absolute Gasteiger partial charge is 0.444 e. The number of nitrogens with zero attached hydrogens (tertiary/aromatic N) is 3. The molecular formula is C29H27N3O3. The van der Waals surface area contributed by atoms with Gasteiger partial charge in [0, 0.05) is 29.7 Å². The molecule has 0 bridgehead atoms. The van der Waals surface area contributed by atoms with Gasteiger partial charge in [-0.25, -0.2) is 9.64 Å². The Morgan fingerprint density at radius 1 is 1.03 bits per heavy atom. The first kappa shape index (κ1) is 24.0. The molecule has 2 fully saturated rings. The average molecular weight is 466 g/mol. The number of likely N-dealkylation sites (tertiary alicyclic amines) is 1. The predicted molar refractivity (Wildman–Crippen MR) is 134 cm³/mol. The van der Waals surface area contributed by atoms with Crippen molar-refractivity contribution in [2.45, 2.75) is 39.2 Å². The molecule has 4 rings (SSSR count). The van der Waals surface area contributed by atoms with Crippen molar-refractivity contribution < 1.29 is 14.3 Å². The van der Waals surface area contributed by atoms with Crippen molar-refractivity contribution in [1.82, 2.24) is 4.90 Å². The number of carbonyl (C=O) groups is 2. The summed E-state index contributed by atoms with van der Waals surface area (Å²) >= 11 is 0. The molecule has 1 aliphatic heterocycles. The van der Waals surface area contributed by atoms with Crippen LogP contribution in [-0.4, -0.2) is 35.5 Å². The highest BCUT2D eigenvalue weighted by molar-refractivity contribution is 6.23. The van der Waals surface area contributed by atoms with Crippen molar-refractivity contribution in [1.29, 1.82) is 5.26 Å². The van der Waals surface area contributed by atoms with Crippen LogP contribution in [0, 0.1) is 23.3 Å². The van der Waals surface area contributed by atoms with Gasteiger partial charge in [-0.15, -0.1) is 0 Å². The van der Waals surface area contributed by atoms with Crippen LogP contribution in [0.15, 0.2) is 59.7 Å². The van der Waals surface area contributed by atoms with Gasteiger partial charge in [0.1, 0.15) is 5.60 Å². The Bertz CT molecular complexity index is 1210. The van der Waals surface area contributed by atoms with Gasteiger partial charge < -0.3 is 9.64 Å². The number of Topliss-reactive ketones (excluding diaryl/α,β-unsaturated/α-hetero) is 1. The van der Waals surface area contributed by atoms with Gasteiger partial charge in [-0.05, 0) is 69.0 Å². The van der Waals surface area contributed by atoms with Gasteiger partial charge in [-0.3, -0.25) is 4.79 Å². The minimum Gasteiger partial charge on any atom is -0.444 e. The van der Waals surface area contributed by atoms with Gasteiger partial charge in [0.25, 0.3) is 0 Å². The van der Waals surface area contributed by atoms with Crippen LogP contribution in [0.1, 0.15) is 50.3 Å². The summed E-state index contributed by atoms with van der Waals surface area (Å²) in [7, 11) is 0. The topological polar surface area (TPSA) is 74.8 Å². The van der Waals surface area contributed by atoms with E-state index < -0.39 is 11.0 Å². The summed E-state index contributed by atoms with van der Waals surface area (Å²) in [5, 5.41) is 9.07.